The molecule has 0 unspecified atom stereocenters. The summed E-state index contributed by atoms with van der Waals surface area (Å²) in [7, 11) is 0. The fraction of sp³-hybridized carbons (Fsp3) is 0.0357. The number of hydrogen-bond acceptors (Lipinski definition) is 12. The lowest BCUT2D eigenvalue weighted by Crippen LogP contribution is -2.31. The second-order valence-corrected chi connectivity index (χ2v) is 19.0. The van der Waals surface area contributed by atoms with Crippen molar-refractivity contribution in [2.45, 2.75) is 13.2 Å². The van der Waals surface area contributed by atoms with Crippen LogP contribution in [0.15, 0.2) is 187 Å². The number of hydrogen-bond donors (Lipinski definition) is 0. The van der Waals surface area contributed by atoms with Crippen LogP contribution >= 0.6 is 22.7 Å². The fourth-order valence-corrected chi connectivity index (χ4v) is 11.6. The van der Waals surface area contributed by atoms with Gasteiger partial charge in [-0.05, 0) is 81.2 Å². The van der Waals surface area contributed by atoms with Gasteiger partial charge in [-0.1, -0.05) is 109 Å². The summed E-state index contributed by atoms with van der Waals surface area (Å²) < 4.78 is 15.9. The summed E-state index contributed by atoms with van der Waals surface area (Å²) in [5, 5.41) is 5.67. The number of nitrogens with zero attached hydrogens (tertiary/aromatic N) is 4. The third kappa shape index (κ3) is 6.49. The first kappa shape index (κ1) is 41.2. The van der Waals surface area contributed by atoms with Crippen LogP contribution in [0.4, 0.5) is 19.6 Å². The molecule has 0 amide bonds. The van der Waals surface area contributed by atoms with E-state index in [-0.39, 0.29) is 45.5 Å². The monoisotopic (exact) mass is 950 g/mol. The molecule has 0 spiro atoms. The Labute approximate surface area is 400 Å². The topological polar surface area (TPSA) is 155 Å². The van der Waals surface area contributed by atoms with Crippen molar-refractivity contribution in [2.24, 2.45) is 9.98 Å². The summed E-state index contributed by atoms with van der Waals surface area (Å²) in [6, 6.07) is 47.2. The molecule has 4 aromatic heterocycles. The Morgan fingerprint density at radius 1 is 0.400 bits per heavy atom. The van der Waals surface area contributed by atoms with E-state index in [1.165, 1.54) is 31.8 Å². The number of rotatable bonds is 6. The molecule has 0 aliphatic rings. The van der Waals surface area contributed by atoms with Gasteiger partial charge in [0.15, 0.2) is 10.7 Å². The molecule has 9 aromatic carbocycles. The lowest BCUT2D eigenvalue weighted by molar-refractivity contribution is 0.142. The largest absolute Gasteiger partial charge is 0.444 e. The van der Waals surface area contributed by atoms with Gasteiger partial charge in [0.05, 0.1) is 31.5 Å². The van der Waals surface area contributed by atoms with Gasteiger partial charge in [-0.2, -0.15) is 0 Å². The highest BCUT2D eigenvalue weighted by atomic mass is 32.1. The highest BCUT2D eigenvalue weighted by Gasteiger charge is 2.27. The van der Waals surface area contributed by atoms with Crippen molar-refractivity contribution in [1.29, 1.82) is 0 Å². The van der Waals surface area contributed by atoms with E-state index < -0.39 is 33.9 Å². The molecule has 4 heterocycles. The number of aromatic nitrogens is 2. The summed E-state index contributed by atoms with van der Waals surface area (Å²) >= 11 is 2.36. The Morgan fingerprint density at radius 3 is 1.07 bits per heavy atom. The van der Waals surface area contributed by atoms with Gasteiger partial charge in [-0.25, -0.2) is 28.7 Å². The van der Waals surface area contributed by atoms with Crippen molar-refractivity contribution >= 4 is 130 Å². The number of thiophene rings is 2. The van der Waals surface area contributed by atoms with Crippen molar-refractivity contribution in [3.05, 3.63) is 220 Å². The molecule has 0 atom stereocenters. The van der Waals surface area contributed by atoms with Gasteiger partial charge in [-0.15, -0.1) is 22.7 Å². The Balaban J connectivity index is 1.02. The van der Waals surface area contributed by atoms with E-state index in [0.29, 0.717) is 52.2 Å². The van der Waals surface area contributed by atoms with Gasteiger partial charge in [0.25, 0.3) is 0 Å². The van der Waals surface area contributed by atoms with Gasteiger partial charge < -0.3 is 9.47 Å². The van der Waals surface area contributed by atoms with Crippen molar-refractivity contribution in [1.82, 2.24) is 9.13 Å². The average Bonchev–Trinajstić information content (AvgIpc) is 4.21. The van der Waals surface area contributed by atoms with Crippen molar-refractivity contribution in [3.63, 3.8) is 0 Å². The lowest BCUT2D eigenvalue weighted by atomic mass is 10.1. The minimum absolute atomic E-state index is 0.0299. The molecule has 14 heteroatoms. The van der Waals surface area contributed by atoms with Gasteiger partial charge in [-0.3, -0.25) is 19.2 Å². The zero-order valence-corrected chi connectivity index (χ0v) is 37.9. The maximum Gasteiger partial charge on any atom is 0.419 e. The molecular weight excluding hydrogens is 921 g/mol. The van der Waals surface area contributed by atoms with Crippen molar-refractivity contribution in [2.75, 3.05) is 0 Å². The Hall–Kier alpha value is -8.98. The summed E-state index contributed by atoms with van der Waals surface area (Å²) in [5.74, 6) is 0. The molecule has 334 valence electrons. The third-order valence-corrected chi connectivity index (χ3v) is 14.9. The minimum atomic E-state index is -0.700. The van der Waals surface area contributed by atoms with Gasteiger partial charge >= 0.3 is 12.2 Å². The molecular formula is C56H30N4O8S2. The molecule has 0 aliphatic carbocycles. The molecule has 0 saturated heterocycles. The summed E-state index contributed by atoms with van der Waals surface area (Å²) in [6.07, 6.45) is -1.40. The summed E-state index contributed by atoms with van der Waals surface area (Å²) in [6.45, 7) is -0.0599. The van der Waals surface area contributed by atoms with Crippen LogP contribution in [-0.4, -0.2) is 21.3 Å². The van der Waals surface area contributed by atoms with Crippen LogP contribution in [0.25, 0.3) is 85.3 Å². The maximum absolute atomic E-state index is 14.4. The van der Waals surface area contributed by atoms with E-state index in [1.807, 2.05) is 109 Å². The first-order chi connectivity index (χ1) is 34.2. The average molecular weight is 951 g/mol. The van der Waals surface area contributed by atoms with Crippen LogP contribution in [0.5, 0.6) is 0 Å². The third-order valence-electron chi connectivity index (χ3n) is 12.8. The second-order valence-electron chi connectivity index (χ2n) is 17.0. The minimum Gasteiger partial charge on any atom is -0.444 e. The molecule has 0 aliphatic heterocycles. The lowest BCUT2D eigenvalue weighted by Gasteiger charge is -2.09. The summed E-state index contributed by atoms with van der Waals surface area (Å²) in [4.78, 5) is 93.4. The fourth-order valence-electron chi connectivity index (χ4n) is 9.47. The van der Waals surface area contributed by atoms with Crippen LogP contribution < -0.4 is 32.4 Å². The number of ether oxygens (including phenoxy) is 2. The van der Waals surface area contributed by atoms with Crippen molar-refractivity contribution in [3.8, 4) is 0 Å². The first-order valence-corrected chi connectivity index (χ1v) is 23.7. The SMILES string of the molecule is O=C(OCc1ccccc1)n1c2cc3c4sc(N=c5c(=O)c6cc7ccccc7cc6c5=O)cc4n(C(=O)OCc4ccccc4)c3cc2c2sc(N=c3c(=O)c4cc5ccccc5cc4c3=O)cc21. The summed E-state index contributed by atoms with van der Waals surface area (Å²) in [5.41, 5.74) is 1.28. The zero-order valence-electron chi connectivity index (χ0n) is 36.3. The van der Waals surface area contributed by atoms with Crippen LogP contribution in [0.3, 0.4) is 0 Å². The molecule has 12 nitrogen and oxygen atoms in total. The number of carbonyl (C=O) groups excluding carboxylic acids is 2. The van der Waals surface area contributed by atoms with E-state index in [0.717, 1.165) is 32.7 Å². The van der Waals surface area contributed by atoms with Crippen LogP contribution in [-0.2, 0) is 22.7 Å². The zero-order chi connectivity index (χ0) is 47.4. The molecule has 13 rings (SSSR count). The van der Waals surface area contributed by atoms with Crippen LogP contribution in [0.1, 0.15) is 11.1 Å². The van der Waals surface area contributed by atoms with E-state index in [4.69, 9.17) is 9.47 Å². The Kier molecular flexibility index (Phi) is 9.31. The molecule has 0 N–H and O–H groups in total. The maximum atomic E-state index is 14.4. The normalized spacial score (nSPS) is 11.9. The van der Waals surface area contributed by atoms with Gasteiger partial charge in [0.2, 0.25) is 21.7 Å². The van der Waals surface area contributed by atoms with E-state index in [1.54, 1.807) is 48.5 Å². The molecule has 0 fully saturated rings. The smallest absolute Gasteiger partial charge is 0.419 e. The molecule has 13 aromatic rings. The van der Waals surface area contributed by atoms with Crippen LogP contribution in [0, 0.1) is 0 Å². The predicted molar refractivity (Wildman–Crippen MR) is 275 cm³/mol. The standard InChI is InChI=1S/C56H30N4O8S2/c61-49-35-19-31-15-7-8-16-32(31)20-36(35)50(62)47(49)57-45-25-43-53(69-45)39-24-42-40(23-41(39)59(43)55(65)67-27-29-11-3-1-4-12-29)54-44(60(42)56(66)68-28-30-13-5-2-6-14-30)26-46(70-54)58-48-51(63)37-21-33-17-9-10-18-34(33)22-38(37)52(48)64/h1-26H,27-28H2. The Bertz CT molecular complexity index is 4300. The number of fused-ring (bicyclic) bond motifs is 10. The first-order valence-electron chi connectivity index (χ1n) is 22.1. The van der Waals surface area contributed by atoms with E-state index >= 15 is 0 Å². The van der Waals surface area contributed by atoms with Gasteiger partial charge in [0.1, 0.15) is 23.2 Å². The highest BCUT2D eigenvalue weighted by molar-refractivity contribution is 7.24. The molecule has 0 bridgehead atoms. The van der Waals surface area contributed by atoms with Crippen molar-refractivity contribution < 1.29 is 19.1 Å². The Morgan fingerprint density at radius 2 is 0.729 bits per heavy atom. The number of carbonyl (C=O) groups is 2. The van der Waals surface area contributed by atoms with Crippen LogP contribution in [0.2, 0.25) is 0 Å². The van der Waals surface area contributed by atoms with E-state index in [2.05, 4.69) is 9.98 Å². The molecule has 70 heavy (non-hydrogen) atoms. The van der Waals surface area contributed by atoms with E-state index in [9.17, 15) is 28.8 Å². The predicted octanol–water partition coefficient (Wildman–Crippen LogP) is 10.7. The highest BCUT2D eigenvalue weighted by Crippen LogP contribution is 2.45. The van der Waals surface area contributed by atoms with Gasteiger partial charge in [0, 0.05) is 32.3 Å². The quantitative estimate of drug-likeness (QED) is 0.159. The number of benzene rings is 7. The second kappa shape index (κ2) is 15.8. The molecule has 0 saturated carbocycles. The molecule has 0 radical (unpaired) electrons.